The summed E-state index contributed by atoms with van der Waals surface area (Å²) in [5.74, 6) is 1.44. The zero-order valence-corrected chi connectivity index (χ0v) is 20.6. The van der Waals surface area contributed by atoms with E-state index in [1.54, 1.807) is 7.05 Å². The summed E-state index contributed by atoms with van der Waals surface area (Å²) in [6.07, 6.45) is 7.17. The van der Waals surface area contributed by atoms with E-state index in [4.69, 9.17) is 14.5 Å². The van der Waals surface area contributed by atoms with Gasteiger partial charge in [0.1, 0.15) is 6.61 Å². The summed E-state index contributed by atoms with van der Waals surface area (Å²) in [5, 5.41) is 13.4. The molecule has 1 aliphatic carbocycles. The van der Waals surface area contributed by atoms with Gasteiger partial charge in [-0.15, -0.1) is 0 Å². The molecule has 0 aromatic carbocycles. The molecule has 8 heteroatoms. The van der Waals surface area contributed by atoms with Crippen molar-refractivity contribution >= 4 is 17.4 Å². The minimum atomic E-state index is -0.206. The predicted molar refractivity (Wildman–Crippen MR) is 133 cm³/mol. The third kappa shape index (κ3) is 7.48. The third-order valence-corrected chi connectivity index (χ3v) is 6.56. The number of allylic oxidation sites excluding steroid dienone is 1. The van der Waals surface area contributed by atoms with Crippen LogP contribution in [0.1, 0.15) is 63.6 Å². The number of aliphatic hydroxyl groups excluding tert-OH is 1. The summed E-state index contributed by atoms with van der Waals surface area (Å²) < 4.78 is 11.5. The van der Waals surface area contributed by atoms with Gasteiger partial charge in [-0.3, -0.25) is 9.89 Å². The number of ether oxygens (including phenoxy) is 2. The van der Waals surface area contributed by atoms with Crippen LogP contribution in [0.15, 0.2) is 17.8 Å². The first-order valence-corrected chi connectivity index (χ1v) is 12.4. The van der Waals surface area contributed by atoms with E-state index in [0.717, 1.165) is 88.2 Å². The predicted octanol–water partition coefficient (Wildman–Crippen LogP) is 3.37. The summed E-state index contributed by atoms with van der Waals surface area (Å²) in [6, 6.07) is 0.288. The van der Waals surface area contributed by atoms with E-state index in [-0.39, 0.29) is 18.1 Å². The van der Waals surface area contributed by atoms with Crippen LogP contribution < -0.4 is 5.32 Å². The number of aliphatic hydroxyl groups is 1. The smallest absolute Gasteiger partial charge is 0.223 e. The number of aromatic nitrogens is 2. The second-order valence-corrected chi connectivity index (χ2v) is 9.15. The molecule has 0 amide bonds. The van der Waals surface area contributed by atoms with Crippen LogP contribution in [0.2, 0.25) is 0 Å². The standard InChI is InChI=1S/C25H41N5O3/c1-5-6-18(2)28-25-27-17-22(23(29-25)19(3)20-7-9-21(31)10-8-20)24(26-4)33-16-13-30-11-14-32-15-12-30/h17-18,20-21,31H,3,5-16H2,1-2,4H3,(H,27,28,29)/b26-24+/t18?,20-,21-. The van der Waals surface area contributed by atoms with Gasteiger partial charge < -0.3 is 19.9 Å². The monoisotopic (exact) mass is 459 g/mol. The molecule has 1 aliphatic heterocycles. The molecule has 0 bridgehead atoms. The van der Waals surface area contributed by atoms with Gasteiger partial charge in [0.05, 0.1) is 30.6 Å². The molecule has 2 fully saturated rings. The van der Waals surface area contributed by atoms with Crippen molar-refractivity contribution in [2.75, 3.05) is 51.8 Å². The Labute approximate surface area is 198 Å². The lowest BCUT2D eigenvalue weighted by atomic mass is 9.81. The number of rotatable bonds is 10. The van der Waals surface area contributed by atoms with Crippen LogP contribution in [0, 0.1) is 5.92 Å². The summed E-state index contributed by atoms with van der Waals surface area (Å²) in [4.78, 5) is 16.2. The molecule has 1 aromatic heterocycles. The molecule has 2 aliphatic rings. The van der Waals surface area contributed by atoms with Crippen LogP contribution in [0.3, 0.4) is 0 Å². The fraction of sp³-hybridized carbons (Fsp3) is 0.720. The van der Waals surface area contributed by atoms with Gasteiger partial charge in [-0.1, -0.05) is 19.9 Å². The largest absolute Gasteiger partial charge is 0.476 e. The molecular formula is C25H41N5O3. The maximum Gasteiger partial charge on any atom is 0.223 e. The van der Waals surface area contributed by atoms with Crippen molar-refractivity contribution in [1.82, 2.24) is 14.9 Å². The fourth-order valence-corrected chi connectivity index (χ4v) is 4.55. The normalized spacial score (nSPS) is 23.2. The average molecular weight is 460 g/mol. The van der Waals surface area contributed by atoms with E-state index in [9.17, 15) is 5.11 Å². The number of hydrogen-bond acceptors (Lipinski definition) is 8. The van der Waals surface area contributed by atoms with Crippen LogP contribution >= 0.6 is 0 Å². The van der Waals surface area contributed by atoms with Crippen LogP contribution in [0.4, 0.5) is 5.95 Å². The van der Waals surface area contributed by atoms with Crippen molar-refractivity contribution in [3.63, 3.8) is 0 Å². The van der Waals surface area contributed by atoms with Crippen LogP contribution in [-0.4, -0.2) is 84.5 Å². The highest BCUT2D eigenvalue weighted by Gasteiger charge is 2.26. The molecule has 2 heterocycles. The highest BCUT2D eigenvalue weighted by molar-refractivity contribution is 5.98. The molecule has 184 valence electrons. The van der Waals surface area contributed by atoms with E-state index in [2.05, 4.69) is 40.6 Å². The SMILES string of the molecule is C=C(c1nc(NC(C)CCC)ncc1/C(=N\C)OCCN1CCOCC1)[C@H]1CC[C@H](O)CC1. The Morgan fingerprint density at radius 2 is 2.06 bits per heavy atom. The molecule has 1 saturated carbocycles. The molecular weight excluding hydrogens is 418 g/mol. The number of morpholine rings is 1. The van der Waals surface area contributed by atoms with Crippen LogP contribution in [-0.2, 0) is 9.47 Å². The fourth-order valence-electron chi connectivity index (χ4n) is 4.55. The minimum absolute atomic E-state index is 0.206. The number of anilines is 1. The van der Waals surface area contributed by atoms with Crippen molar-refractivity contribution in [1.29, 1.82) is 0 Å². The van der Waals surface area contributed by atoms with Crippen molar-refractivity contribution in [2.24, 2.45) is 10.9 Å². The lowest BCUT2D eigenvalue weighted by Gasteiger charge is -2.28. The second-order valence-electron chi connectivity index (χ2n) is 9.15. The Bertz CT molecular complexity index is 786. The Morgan fingerprint density at radius 3 is 2.73 bits per heavy atom. The Balaban J connectivity index is 1.77. The van der Waals surface area contributed by atoms with Gasteiger partial charge in [-0.25, -0.2) is 9.97 Å². The second kappa shape index (κ2) is 13.0. The van der Waals surface area contributed by atoms with Gasteiger partial charge in [0.15, 0.2) is 0 Å². The zero-order chi connectivity index (χ0) is 23.6. The molecule has 1 aromatic rings. The van der Waals surface area contributed by atoms with Crippen molar-refractivity contribution in [3.8, 4) is 0 Å². The molecule has 0 radical (unpaired) electrons. The lowest BCUT2D eigenvalue weighted by Crippen LogP contribution is -2.38. The number of hydrogen-bond donors (Lipinski definition) is 2. The van der Waals surface area contributed by atoms with Crippen molar-refractivity contribution < 1.29 is 14.6 Å². The Hall–Kier alpha value is -2.03. The molecule has 8 nitrogen and oxygen atoms in total. The van der Waals surface area contributed by atoms with E-state index in [0.29, 0.717) is 18.5 Å². The highest BCUT2D eigenvalue weighted by atomic mass is 16.5. The summed E-state index contributed by atoms with van der Waals surface area (Å²) >= 11 is 0. The third-order valence-electron chi connectivity index (χ3n) is 6.56. The van der Waals surface area contributed by atoms with Gasteiger partial charge in [-0.05, 0) is 50.5 Å². The first-order valence-electron chi connectivity index (χ1n) is 12.4. The maximum absolute atomic E-state index is 9.94. The van der Waals surface area contributed by atoms with Gasteiger partial charge in [0, 0.05) is 38.9 Å². The minimum Gasteiger partial charge on any atom is -0.476 e. The van der Waals surface area contributed by atoms with E-state index in [1.165, 1.54) is 0 Å². The first-order chi connectivity index (χ1) is 16.0. The van der Waals surface area contributed by atoms with E-state index in [1.807, 2.05) is 6.20 Å². The van der Waals surface area contributed by atoms with Gasteiger partial charge in [0.25, 0.3) is 0 Å². The number of nitrogens with one attached hydrogen (secondary N) is 1. The number of aliphatic imine (C=N–C) groups is 1. The highest BCUT2D eigenvalue weighted by Crippen LogP contribution is 2.35. The lowest BCUT2D eigenvalue weighted by molar-refractivity contribution is 0.0315. The first kappa shape index (κ1) is 25.6. The van der Waals surface area contributed by atoms with E-state index >= 15 is 0 Å². The molecule has 1 saturated heterocycles. The number of nitrogens with zero attached hydrogens (tertiary/aromatic N) is 4. The maximum atomic E-state index is 9.94. The van der Waals surface area contributed by atoms with Crippen molar-refractivity contribution in [2.45, 2.75) is 64.5 Å². The Kier molecular flexibility index (Phi) is 10.1. The summed E-state index contributed by atoms with van der Waals surface area (Å²) in [5.41, 5.74) is 2.55. The van der Waals surface area contributed by atoms with Gasteiger partial charge >= 0.3 is 0 Å². The zero-order valence-electron chi connectivity index (χ0n) is 20.6. The quantitative estimate of drug-likeness (QED) is 0.409. The molecule has 0 spiro atoms. The molecule has 3 rings (SSSR count). The molecule has 2 N–H and O–H groups in total. The van der Waals surface area contributed by atoms with Gasteiger partial charge in [-0.2, -0.15) is 0 Å². The van der Waals surface area contributed by atoms with Gasteiger partial charge in [0.2, 0.25) is 11.8 Å². The molecule has 33 heavy (non-hydrogen) atoms. The Morgan fingerprint density at radius 1 is 1.33 bits per heavy atom. The topological polar surface area (TPSA) is 92.1 Å². The molecule has 1 atom stereocenters. The molecule has 1 unspecified atom stereocenters. The summed E-state index contributed by atoms with van der Waals surface area (Å²) in [6.45, 7) is 13.5. The van der Waals surface area contributed by atoms with E-state index < -0.39 is 0 Å². The van der Waals surface area contributed by atoms with Crippen LogP contribution in [0.5, 0.6) is 0 Å². The van der Waals surface area contributed by atoms with Crippen molar-refractivity contribution in [3.05, 3.63) is 24.0 Å². The summed E-state index contributed by atoms with van der Waals surface area (Å²) in [7, 11) is 1.74. The van der Waals surface area contributed by atoms with Crippen LogP contribution in [0.25, 0.3) is 5.57 Å². The average Bonchev–Trinajstić information content (AvgIpc) is 2.83.